The van der Waals surface area contributed by atoms with Gasteiger partial charge in [0, 0.05) is 13.1 Å². The molecule has 6 nitrogen and oxygen atoms in total. The van der Waals surface area contributed by atoms with E-state index in [-0.39, 0.29) is 50.0 Å². The topological polar surface area (TPSA) is 50.6 Å². The van der Waals surface area contributed by atoms with Crippen molar-refractivity contribution in [2.24, 2.45) is 5.92 Å². The highest BCUT2D eigenvalue weighted by Crippen LogP contribution is 2.39. The minimum atomic E-state index is -4.62. The molecule has 1 saturated carbocycles. The Labute approximate surface area is 164 Å². The smallest absolute Gasteiger partial charge is 0.377 e. The lowest BCUT2D eigenvalue weighted by molar-refractivity contribution is -0.153. The van der Waals surface area contributed by atoms with Crippen LogP contribution in [0.25, 0.3) is 0 Å². The van der Waals surface area contributed by atoms with Gasteiger partial charge in [-0.3, -0.25) is 9.36 Å². The van der Waals surface area contributed by atoms with Crippen molar-refractivity contribution in [3.05, 3.63) is 16.2 Å². The molecule has 1 unspecified atom stereocenters. The first-order chi connectivity index (χ1) is 13.7. The van der Waals surface area contributed by atoms with Crippen LogP contribution in [-0.4, -0.2) is 60.3 Å². The molecule has 3 aliphatic rings. The molecule has 1 saturated heterocycles. The maximum absolute atomic E-state index is 14.8. The van der Waals surface area contributed by atoms with Crippen LogP contribution in [0.5, 0.6) is 0 Å². The Balaban J connectivity index is 1.78. The van der Waals surface area contributed by atoms with Gasteiger partial charge in [-0.1, -0.05) is 0 Å². The summed E-state index contributed by atoms with van der Waals surface area (Å²) in [5.74, 6) is -1.99. The molecule has 0 radical (unpaired) electrons. The van der Waals surface area contributed by atoms with Crippen molar-refractivity contribution in [2.45, 2.75) is 57.2 Å². The van der Waals surface area contributed by atoms with Crippen LogP contribution in [0.4, 0.5) is 33.7 Å². The summed E-state index contributed by atoms with van der Waals surface area (Å²) in [6.45, 7) is 1.72. The van der Waals surface area contributed by atoms with Crippen molar-refractivity contribution in [1.29, 1.82) is 0 Å². The first kappa shape index (κ1) is 20.4. The number of aromatic nitrogens is 2. The molecule has 1 aromatic rings. The summed E-state index contributed by atoms with van der Waals surface area (Å²) in [6.07, 6.45) is -5.27. The monoisotopic (exact) mass is 422 g/mol. The van der Waals surface area contributed by atoms with Gasteiger partial charge in [-0.05, 0) is 32.1 Å². The Bertz CT molecular complexity index is 826. The van der Waals surface area contributed by atoms with E-state index in [1.54, 1.807) is 6.92 Å². The second kappa shape index (κ2) is 7.41. The summed E-state index contributed by atoms with van der Waals surface area (Å²) < 4.78 is 76.5. The van der Waals surface area contributed by atoms with Crippen LogP contribution in [-0.2, 0) is 11.3 Å². The van der Waals surface area contributed by atoms with Crippen molar-refractivity contribution in [2.75, 3.05) is 36.1 Å². The predicted molar refractivity (Wildman–Crippen MR) is 95.5 cm³/mol. The van der Waals surface area contributed by atoms with Crippen LogP contribution in [0.15, 0.2) is 4.79 Å². The van der Waals surface area contributed by atoms with Crippen molar-refractivity contribution < 1.29 is 26.7 Å². The first-order valence-corrected chi connectivity index (χ1v) is 9.80. The molecule has 0 N–H and O–H groups in total. The van der Waals surface area contributed by atoms with Gasteiger partial charge in [0.05, 0.1) is 25.8 Å². The highest BCUT2D eigenvalue weighted by atomic mass is 19.4. The Morgan fingerprint density at radius 2 is 1.97 bits per heavy atom. The van der Waals surface area contributed by atoms with Crippen molar-refractivity contribution >= 4 is 11.8 Å². The maximum atomic E-state index is 14.8. The summed E-state index contributed by atoms with van der Waals surface area (Å²) in [7, 11) is 0. The number of ether oxygens (including phenoxy) is 1. The summed E-state index contributed by atoms with van der Waals surface area (Å²) in [5.41, 5.74) is -1.03. The van der Waals surface area contributed by atoms with Gasteiger partial charge in [-0.15, -0.1) is 0 Å². The third kappa shape index (κ3) is 3.80. The zero-order valence-electron chi connectivity index (χ0n) is 16.0. The molecule has 2 aliphatic heterocycles. The van der Waals surface area contributed by atoms with Crippen LogP contribution in [0, 0.1) is 11.7 Å². The largest absolute Gasteiger partial charge is 0.408 e. The Morgan fingerprint density at radius 1 is 1.24 bits per heavy atom. The molecule has 2 fully saturated rings. The van der Waals surface area contributed by atoms with Crippen molar-refractivity contribution in [3.8, 4) is 0 Å². The van der Waals surface area contributed by atoms with E-state index in [4.69, 9.17) is 4.74 Å². The Morgan fingerprint density at radius 3 is 2.59 bits per heavy atom. The molecule has 3 atom stereocenters. The molecule has 0 spiro atoms. The zero-order valence-corrected chi connectivity index (χ0v) is 16.0. The van der Waals surface area contributed by atoms with E-state index in [1.807, 2.05) is 0 Å². The number of anilines is 2. The first-order valence-electron chi connectivity index (χ1n) is 9.80. The summed E-state index contributed by atoms with van der Waals surface area (Å²) in [5, 5.41) is 0. The highest BCUT2D eigenvalue weighted by molar-refractivity contribution is 5.49. The number of morpholine rings is 1. The van der Waals surface area contributed by atoms with E-state index in [0.717, 1.165) is 9.47 Å². The van der Waals surface area contributed by atoms with Crippen molar-refractivity contribution in [3.63, 3.8) is 0 Å². The number of hydrogen-bond donors (Lipinski definition) is 0. The van der Waals surface area contributed by atoms with E-state index in [1.165, 1.54) is 4.90 Å². The summed E-state index contributed by atoms with van der Waals surface area (Å²) in [6, 6.07) is -2.27. The van der Waals surface area contributed by atoms with Crippen molar-refractivity contribution in [1.82, 2.24) is 9.55 Å². The van der Waals surface area contributed by atoms with E-state index in [2.05, 4.69) is 4.98 Å². The number of nitrogens with zero attached hydrogens (tertiary/aromatic N) is 4. The number of hydrogen-bond acceptors (Lipinski definition) is 5. The Hall–Kier alpha value is -1.91. The standard InChI is InChI=1S/C18H23F5N4O2/c1-10-9-29-7-6-25(10)15-14(20)16(28)26-5-4-13(18(21,22)23)27(17(26)24-15)8-12(19)11-2-3-11/h10-13H,2-9H2,1H3/t10-,12?,13+/m1/s1. The van der Waals surface area contributed by atoms with Gasteiger partial charge in [0.2, 0.25) is 11.8 Å². The van der Waals surface area contributed by atoms with Gasteiger partial charge in [-0.25, -0.2) is 4.39 Å². The average molecular weight is 422 g/mol. The van der Waals surface area contributed by atoms with Gasteiger partial charge >= 0.3 is 6.18 Å². The van der Waals surface area contributed by atoms with Gasteiger partial charge in [0.15, 0.2) is 5.82 Å². The molecule has 11 heteroatoms. The SMILES string of the molecule is C[C@@H]1COCCN1c1nc2n(c(=O)c1F)CC[C@@H](C(F)(F)F)N2CC(F)C1CC1. The molecule has 3 heterocycles. The van der Waals surface area contributed by atoms with Gasteiger partial charge in [0.25, 0.3) is 5.56 Å². The molecule has 0 amide bonds. The lowest BCUT2D eigenvalue weighted by Gasteiger charge is -2.41. The minimum absolute atomic E-state index is 0.254. The van der Waals surface area contributed by atoms with E-state index >= 15 is 0 Å². The minimum Gasteiger partial charge on any atom is -0.377 e. The second-order valence-corrected chi connectivity index (χ2v) is 7.98. The molecule has 162 valence electrons. The van der Waals surface area contributed by atoms with Gasteiger partial charge in [-0.2, -0.15) is 22.5 Å². The van der Waals surface area contributed by atoms with Crippen LogP contribution in [0.3, 0.4) is 0 Å². The van der Waals surface area contributed by atoms with Crippen LogP contribution in [0.1, 0.15) is 26.2 Å². The number of fused-ring (bicyclic) bond motifs is 1. The fraction of sp³-hybridized carbons (Fsp3) is 0.778. The fourth-order valence-corrected chi connectivity index (χ4v) is 4.05. The van der Waals surface area contributed by atoms with Crippen LogP contribution in [0.2, 0.25) is 0 Å². The van der Waals surface area contributed by atoms with Crippen LogP contribution >= 0.6 is 0 Å². The average Bonchev–Trinajstić information content (AvgIpc) is 3.50. The lowest BCUT2D eigenvalue weighted by atomic mass is 10.1. The lowest BCUT2D eigenvalue weighted by Crippen LogP contribution is -2.55. The van der Waals surface area contributed by atoms with E-state index in [9.17, 15) is 26.7 Å². The van der Waals surface area contributed by atoms with Gasteiger partial charge < -0.3 is 14.5 Å². The molecule has 29 heavy (non-hydrogen) atoms. The maximum Gasteiger partial charge on any atom is 0.408 e. The fourth-order valence-electron chi connectivity index (χ4n) is 4.05. The number of alkyl halides is 4. The van der Waals surface area contributed by atoms with Crippen LogP contribution < -0.4 is 15.4 Å². The Kier molecular flexibility index (Phi) is 5.20. The second-order valence-electron chi connectivity index (χ2n) is 7.98. The normalized spacial score (nSPS) is 26.4. The molecule has 0 bridgehead atoms. The molecule has 1 aliphatic carbocycles. The quantitative estimate of drug-likeness (QED) is 0.698. The summed E-state index contributed by atoms with van der Waals surface area (Å²) >= 11 is 0. The molecule has 0 aromatic carbocycles. The third-order valence-corrected chi connectivity index (χ3v) is 5.86. The molecule has 4 rings (SSSR count). The molecular weight excluding hydrogens is 399 g/mol. The molecular formula is C18H23F5N4O2. The third-order valence-electron chi connectivity index (χ3n) is 5.86. The zero-order chi connectivity index (χ0) is 20.9. The predicted octanol–water partition coefficient (Wildman–Crippen LogP) is 2.50. The molecule has 1 aromatic heterocycles. The highest BCUT2D eigenvalue weighted by Gasteiger charge is 2.49. The number of halogens is 5. The van der Waals surface area contributed by atoms with Gasteiger partial charge in [0.1, 0.15) is 12.2 Å². The van der Waals surface area contributed by atoms with E-state index in [0.29, 0.717) is 12.8 Å². The number of rotatable bonds is 4. The van der Waals surface area contributed by atoms with E-state index < -0.39 is 42.7 Å². The summed E-state index contributed by atoms with van der Waals surface area (Å²) in [4.78, 5) is 19.1.